The van der Waals surface area contributed by atoms with E-state index in [0.717, 1.165) is 5.56 Å². The number of nitrogens with one attached hydrogen (secondary N) is 2. The van der Waals surface area contributed by atoms with Gasteiger partial charge in [0.05, 0.1) is 22.2 Å². The molecular weight excluding hydrogens is 498 g/mol. The summed E-state index contributed by atoms with van der Waals surface area (Å²) in [6.45, 7) is 1.85. The Labute approximate surface area is 205 Å². The van der Waals surface area contributed by atoms with Gasteiger partial charge in [-0.05, 0) is 54.8 Å². The third-order valence-corrected chi connectivity index (χ3v) is 7.86. The third kappa shape index (κ3) is 3.79. The summed E-state index contributed by atoms with van der Waals surface area (Å²) in [6.07, 6.45) is 0. The van der Waals surface area contributed by atoms with Crippen LogP contribution in [0.3, 0.4) is 0 Å². The zero-order valence-electron chi connectivity index (χ0n) is 17.7. The maximum absolute atomic E-state index is 14.1. The van der Waals surface area contributed by atoms with Crippen LogP contribution in [0, 0.1) is 12.7 Å². The van der Waals surface area contributed by atoms with Gasteiger partial charge in [0.1, 0.15) is 5.82 Å². The van der Waals surface area contributed by atoms with Crippen molar-refractivity contribution in [3.63, 3.8) is 0 Å². The van der Waals surface area contributed by atoms with Gasteiger partial charge in [0.2, 0.25) is 0 Å². The molecule has 0 saturated heterocycles. The summed E-state index contributed by atoms with van der Waals surface area (Å²) in [5.41, 5.74) is 1.98. The van der Waals surface area contributed by atoms with Gasteiger partial charge in [0.25, 0.3) is 15.9 Å². The van der Waals surface area contributed by atoms with Crippen molar-refractivity contribution in [1.29, 1.82) is 0 Å². The molecule has 0 bridgehead atoms. The molecule has 1 aliphatic rings. The topological polar surface area (TPSA) is 75.3 Å². The number of anilines is 1. The summed E-state index contributed by atoms with van der Waals surface area (Å²) in [6, 6.07) is 16.0. The monoisotopic (exact) mass is 514 g/mol. The first-order valence-electron chi connectivity index (χ1n) is 10.3. The van der Waals surface area contributed by atoms with Gasteiger partial charge in [-0.3, -0.25) is 9.52 Å². The molecule has 4 aromatic carbocycles. The maximum Gasteiger partial charge on any atom is 0.261 e. The van der Waals surface area contributed by atoms with Gasteiger partial charge in [-0.1, -0.05) is 53.0 Å². The van der Waals surface area contributed by atoms with E-state index in [9.17, 15) is 17.6 Å². The molecule has 1 amide bonds. The van der Waals surface area contributed by atoms with E-state index in [2.05, 4.69) is 10.0 Å². The molecular formula is C25H17Cl2FN2O3S. The minimum absolute atomic E-state index is 0.0590. The second-order valence-electron chi connectivity index (χ2n) is 8.04. The number of hydrogen-bond donors (Lipinski definition) is 2. The highest BCUT2D eigenvalue weighted by atomic mass is 35.5. The second kappa shape index (κ2) is 8.27. The molecule has 4 aromatic rings. The van der Waals surface area contributed by atoms with Crippen LogP contribution < -0.4 is 10.0 Å². The van der Waals surface area contributed by atoms with Gasteiger partial charge >= 0.3 is 0 Å². The predicted molar refractivity (Wildman–Crippen MR) is 132 cm³/mol. The lowest BCUT2D eigenvalue weighted by Crippen LogP contribution is -2.21. The van der Waals surface area contributed by atoms with Gasteiger partial charge in [-0.15, -0.1) is 0 Å². The molecule has 5 rings (SSSR count). The Morgan fingerprint density at radius 2 is 1.68 bits per heavy atom. The molecule has 0 fully saturated rings. The van der Waals surface area contributed by atoms with Crippen LogP contribution in [0.4, 0.5) is 10.1 Å². The minimum Gasteiger partial charge on any atom is -0.341 e. The number of halogens is 3. The summed E-state index contributed by atoms with van der Waals surface area (Å²) in [4.78, 5) is 13.2. The van der Waals surface area contributed by atoms with Crippen LogP contribution in [-0.4, -0.2) is 14.3 Å². The van der Waals surface area contributed by atoms with Crippen molar-refractivity contribution in [2.45, 2.75) is 17.9 Å². The second-order valence-corrected chi connectivity index (χ2v) is 10.5. The van der Waals surface area contributed by atoms with Gasteiger partial charge in [0.15, 0.2) is 0 Å². The first-order valence-corrected chi connectivity index (χ1v) is 12.5. The Kier molecular flexibility index (Phi) is 5.51. The molecule has 5 nitrogen and oxygen atoms in total. The average molecular weight is 515 g/mol. The SMILES string of the molecule is Cc1ccc(S(=O)(=O)Nc2cc3c(Cl)cccc3c3c2C(c2cc(F)ccc2Cl)NC3=O)cc1. The van der Waals surface area contributed by atoms with Crippen molar-refractivity contribution in [3.05, 3.63) is 105 Å². The molecule has 1 unspecified atom stereocenters. The van der Waals surface area contributed by atoms with E-state index in [1.165, 1.54) is 30.3 Å². The average Bonchev–Trinajstić information content (AvgIpc) is 3.14. The van der Waals surface area contributed by atoms with E-state index < -0.39 is 27.8 Å². The molecule has 0 saturated carbocycles. The summed E-state index contributed by atoms with van der Waals surface area (Å²) in [5.74, 6) is -0.975. The maximum atomic E-state index is 14.1. The number of hydrogen-bond acceptors (Lipinski definition) is 3. The summed E-state index contributed by atoms with van der Waals surface area (Å²) in [7, 11) is -4.01. The smallest absolute Gasteiger partial charge is 0.261 e. The largest absolute Gasteiger partial charge is 0.341 e. The molecule has 2 N–H and O–H groups in total. The zero-order valence-corrected chi connectivity index (χ0v) is 20.0. The molecule has 0 radical (unpaired) electrons. The van der Waals surface area contributed by atoms with Crippen molar-refractivity contribution in [2.75, 3.05) is 4.72 Å². The van der Waals surface area contributed by atoms with Crippen molar-refractivity contribution in [3.8, 4) is 0 Å². The molecule has 0 spiro atoms. The molecule has 1 aliphatic heterocycles. The summed E-state index contributed by atoms with van der Waals surface area (Å²) >= 11 is 12.8. The van der Waals surface area contributed by atoms with E-state index in [1.54, 1.807) is 36.4 Å². The Morgan fingerprint density at radius 1 is 0.941 bits per heavy atom. The van der Waals surface area contributed by atoms with Crippen LogP contribution in [0.25, 0.3) is 10.8 Å². The van der Waals surface area contributed by atoms with E-state index in [0.29, 0.717) is 26.9 Å². The van der Waals surface area contributed by atoms with Crippen molar-refractivity contribution in [1.82, 2.24) is 5.32 Å². The highest BCUT2D eigenvalue weighted by molar-refractivity contribution is 7.92. The summed E-state index contributed by atoms with van der Waals surface area (Å²) < 4.78 is 43.2. The highest BCUT2D eigenvalue weighted by Crippen LogP contribution is 2.44. The van der Waals surface area contributed by atoms with Crippen molar-refractivity contribution >= 4 is 55.6 Å². The lowest BCUT2D eigenvalue weighted by molar-refractivity contribution is 0.0962. The molecule has 1 atom stereocenters. The van der Waals surface area contributed by atoms with E-state index in [1.807, 2.05) is 6.92 Å². The van der Waals surface area contributed by atoms with E-state index in [4.69, 9.17) is 23.2 Å². The molecule has 9 heteroatoms. The quantitative estimate of drug-likeness (QED) is 0.339. The third-order valence-electron chi connectivity index (χ3n) is 5.81. The normalized spacial score (nSPS) is 15.3. The predicted octanol–water partition coefficient (Wildman–Crippen LogP) is 6.23. The number of amides is 1. The summed E-state index contributed by atoms with van der Waals surface area (Å²) in [5, 5.41) is 4.47. The van der Waals surface area contributed by atoms with Crippen LogP contribution in [0.15, 0.2) is 71.6 Å². The first kappa shape index (κ1) is 22.7. The number of fused-ring (bicyclic) bond motifs is 3. The number of carbonyl (C=O) groups excluding carboxylic acids is 1. The van der Waals surface area contributed by atoms with Gasteiger partial charge in [-0.25, -0.2) is 12.8 Å². The van der Waals surface area contributed by atoms with Crippen LogP contribution in [0.2, 0.25) is 10.0 Å². The first-order chi connectivity index (χ1) is 16.2. The lowest BCUT2D eigenvalue weighted by Gasteiger charge is -2.19. The Bertz CT molecular complexity index is 1590. The Morgan fingerprint density at radius 3 is 2.41 bits per heavy atom. The molecule has 0 aromatic heterocycles. The Balaban J connectivity index is 1.77. The van der Waals surface area contributed by atoms with Gasteiger partial charge in [-0.2, -0.15) is 0 Å². The van der Waals surface area contributed by atoms with Gasteiger partial charge < -0.3 is 5.32 Å². The lowest BCUT2D eigenvalue weighted by atomic mass is 9.92. The van der Waals surface area contributed by atoms with Crippen LogP contribution in [-0.2, 0) is 10.0 Å². The van der Waals surface area contributed by atoms with Crippen LogP contribution in [0.1, 0.15) is 33.1 Å². The van der Waals surface area contributed by atoms with Crippen molar-refractivity contribution < 1.29 is 17.6 Å². The van der Waals surface area contributed by atoms with Crippen molar-refractivity contribution in [2.24, 2.45) is 0 Å². The number of aryl methyl sites for hydroxylation is 1. The van der Waals surface area contributed by atoms with Gasteiger partial charge in [0, 0.05) is 26.6 Å². The van der Waals surface area contributed by atoms with Crippen LogP contribution in [0.5, 0.6) is 0 Å². The zero-order chi connectivity index (χ0) is 24.2. The number of carbonyl (C=O) groups is 1. The molecule has 0 aliphatic carbocycles. The fraction of sp³-hybridized carbons (Fsp3) is 0.0800. The fourth-order valence-corrected chi connectivity index (χ4v) is 5.72. The number of benzene rings is 4. The van der Waals surface area contributed by atoms with E-state index >= 15 is 0 Å². The van der Waals surface area contributed by atoms with Crippen LogP contribution >= 0.6 is 23.2 Å². The molecule has 34 heavy (non-hydrogen) atoms. The standard InChI is InChI=1S/C25H17Cl2FN2O3S/c1-13-5-8-15(9-6-13)34(32,33)30-21-12-17-16(3-2-4-19(17)26)22-23(21)24(29-25(22)31)18-11-14(28)7-10-20(18)27/h2-12,24,30H,1H3,(H,29,31). The Hall–Kier alpha value is -3.13. The molecule has 172 valence electrons. The highest BCUT2D eigenvalue weighted by Gasteiger charge is 2.36. The van der Waals surface area contributed by atoms with E-state index in [-0.39, 0.29) is 21.2 Å². The molecule has 1 heterocycles. The number of rotatable bonds is 4. The fourth-order valence-electron chi connectivity index (χ4n) is 4.20. The minimum atomic E-state index is -4.01. The number of sulfonamides is 1.